The lowest BCUT2D eigenvalue weighted by molar-refractivity contribution is -0.00579. The lowest BCUT2D eigenvalue weighted by Crippen LogP contribution is -2.29. The van der Waals surface area contributed by atoms with Crippen LogP contribution in [-0.4, -0.2) is 12.2 Å². The van der Waals surface area contributed by atoms with Gasteiger partial charge >= 0.3 is 0 Å². The highest BCUT2D eigenvalue weighted by molar-refractivity contribution is 5.22. The molecule has 0 aliphatic heterocycles. The van der Waals surface area contributed by atoms with Gasteiger partial charge in [-0.3, -0.25) is 0 Å². The van der Waals surface area contributed by atoms with E-state index in [0.717, 1.165) is 5.75 Å². The molecule has 0 aromatic heterocycles. The van der Waals surface area contributed by atoms with E-state index in [4.69, 9.17) is 9.47 Å². The molecule has 0 amide bonds. The molecule has 0 fully saturated rings. The summed E-state index contributed by atoms with van der Waals surface area (Å²) in [6.45, 7) is 4.62. The zero-order valence-corrected chi connectivity index (χ0v) is 12.6. The van der Waals surface area contributed by atoms with Crippen LogP contribution in [0.25, 0.3) is 0 Å². The lowest BCUT2D eigenvalue weighted by Gasteiger charge is -2.23. The number of hydrogen-bond donors (Lipinski definition) is 0. The van der Waals surface area contributed by atoms with Crippen LogP contribution in [0.2, 0.25) is 0 Å². The Morgan fingerprint density at radius 2 is 1.57 bits per heavy atom. The molecule has 0 unspecified atom stereocenters. The van der Waals surface area contributed by atoms with Gasteiger partial charge in [0.2, 0.25) is 0 Å². The quantitative estimate of drug-likeness (QED) is 0.690. The van der Waals surface area contributed by atoms with Crippen molar-refractivity contribution in [3.05, 3.63) is 78.4 Å². The van der Waals surface area contributed by atoms with Crippen molar-refractivity contribution in [2.45, 2.75) is 32.7 Å². The zero-order valence-electron chi connectivity index (χ0n) is 12.6. The first-order valence-corrected chi connectivity index (χ1v) is 7.29. The molecule has 0 aliphatic rings. The average molecular weight is 282 g/mol. The first-order chi connectivity index (χ1) is 10.3. The molecule has 2 nitrogen and oxygen atoms in total. The number of hydrogen-bond acceptors (Lipinski definition) is 2. The molecule has 0 radical (unpaired) electrons. The molecule has 0 saturated carbocycles. The second-order valence-electron chi connectivity index (χ2n) is 4.92. The Morgan fingerprint density at radius 3 is 2.19 bits per heavy atom. The second-order valence-corrected chi connectivity index (χ2v) is 4.92. The summed E-state index contributed by atoms with van der Waals surface area (Å²) in [5.41, 5.74) is 1.17. The molecular weight excluding hydrogens is 260 g/mol. The minimum atomic E-state index is -0.0962. The van der Waals surface area contributed by atoms with Crippen molar-refractivity contribution in [3.8, 4) is 5.75 Å². The highest BCUT2D eigenvalue weighted by atomic mass is 16.5. The van der Waals surface area contributed by atoms with Crippen LogP contribution >= 0.6 is 0 Å². The van der Waals surface area contributed by atoms with Gasteiger partial charge in [-0.2, -0.15) is 0 Å². The number of allylic oxidation sites excluding steroid dienone is 1. The van der Waals surface area contributed by atoms with Gasteiger partial charge in [-0.15, -0.1) is 0 Å². The summed E-state index contributed by atoms with van der Waals surface area (Å²) in [5.74, 6) is 0.857. The Balaban J connectivity index is 1.94. The summed E-state index contributed by atoms with van der Waals surface area (Å²) in [5, 5.41) is 0. The van der Waals surface area contributed by atoms with E-state index in [1.165, 1.54) is 5.56 Å². The second kappa shape index (κ2) is 8.28. The zero-order chi connectivity index (χ0) is 14.9. The molecule has 2 heteroatoms. The Bertz CT molecular complexity index is 534. The van der Waals surface area contributed by atoms with Gasteiger partial charge in [0.05, 0.1) is 12.7 Å². The maximum Gasteiger partial charge on any atom is 0.143 e. The molecule has 21 heavy (non-hydrogen) atoms. The molecule has 0 saturated heterocycles. The number of benzene rings is 2. The average Bonchev–Trinajstić information content (AvgIpc) is 2.54. The van der Waals surface area contributed by atoms with Crippen LogP contribution in [0.5, 0.6) is 5.75 Å². The van der Waals surface area contributed by atoms with Crippen LogP contribution in [0, 0.1) is 0 Å². The van der Waals surface area contributed by atoms with Gasteiger partial charge in [-0.05, 0) is 37.6 Å². The van der Waals surface area contributed by atoms with Gasteiger partial charge in [0.15, 0.2) is 0 Å². The fraction of sp³-hybridized carbons (Fsp3) is 0.263. The van der Waals surface area contributed by atoms with Crippen LogP contribution in [-0.2, 0) is 11.3 Å². The van der Waals surface area contributed by atoms with Gasteiger partial charge in [-0.1, -0.05) is 54.6 Å². The molecular formula is C19H22O2. The highest BCUT2D eigenvalue weighted by Crippen LogP contribution is 2.16. The summed E-state index contributed by atoms with van der Waals surface area (Å²) in [7, 11) is 0. The SMILES string of the molecule is CC=C[C@@H](Oc1ccccc1)[C@H](C)OCc1ccccc1. The molecule has 0 N–H and O–H groups in total. The van der Waals surface area contributed by atoms with Gasteiger partial charge < -0.3 is 9.47 Å². The van der Waals surface area contributed by atoms with Crippen LogP contribution in [0.1, 0.15) is 19.4 Å². The van der Waals surface area contributed by atoms with E-state index in [1.54, 1.807) is 0 Å². The molecule has 0 spiro atoms. The first-order valence-electron chi connectivity index (χ1n) is 7.29. The Hall–Kier alpha value is -2.06. The van der Waals surface area contributed by atoms with E-state index in [2.05, 4.69) is 12.1 Å². The lowest BCUT2D eigenvalue weighted by atomic mass is 10.2. The Labute approximate surface area is 127 Å². The van der Waals surface area contributed by atoms with Crippen molar-refractivity contribution in [2.75, 3.05) is 0 Å². The smallest absolute Gasteiger partial charge is 0.143 e. The topological polar surface area (TPSA) is 18.5 Å². The van der Waals surface area contributed by atoms with E-state index in [1.807, 2.05) is 74.5 Å². The van der Waals surface area contributed by atoms with E-state index >= 15 is 0 Å². The van der Waals surface area contributed by atoms with E-state index in [-0.39, 0.29) is 12.2 Å². The molecule has 2 aromatic carbocycles. The Morgan fingerprint density at radius 1 is 0.952 bits per heavy atom. The third-order valence-corrected chi connectivity index (χ3v) is 3.22. The summed E-state index contributed by atoms with van der Waals surface area (Å²) >= 11 is 0. The van der Waals surface area contributed by atoms with E-state index in [9.17, 15) is 0 Å². The molecule has 0 heterocycles. The number of rotatable bonds is 7. The largest absolute Gasteiger partial charge is 0.484 e. The van der Waals surface area contributed by atoms with Gasteiger partial charge in [0.1, 0.15) is 11.9 Å². The van der Waals surface area contributed by atoms with Crippen molar-refractivity contribution in [2.24, 2.45) is 0 Å². The fourth-order valence-corrected chi connectivity index (χ4v) is 2.03. The van der Waals surface area contributed by atoms with E-state index in [0.29, 0.717) is 6.61 Å². The van der Waals surface area contributed by atoms with E-state index < -0.39 is 0 Å². The maximum absolute atomic E-state index is 5.99. The highest BCUT2D eigenvalue weighted by Gasteiger charge is 2.16. The number of ether oxygens (including phenoxy) is 2. The van der Waals surface area contributed by atoms with Gasteiger partial charge in [0, 0.05) is 0 Å². The van der Waals surface area contributed by atoms with Crippen molar-refractivity contribution in [3.63, 3.8) is 0 Å². The van der Waals surface area contributed by atoms with Crippen molar-refractivity contribution >= 4 is 0 Å². The minimum Gasteiger partial charge on any atom is -0.484 e. The maximum atomic E-state index is 5.99. The molecule has 2 atom stereocenters. The molecule has 110 valence electrons. The summed E-state index contributed by atoms with van der Waals surface area (Å²) in [6, 6.07) is 20.0. The van der Waals surface area contributed by atoms with Gasteiger partial charge in [0.25, 0.3) is 0 Å². The van der Waals surface area contributed by atoms with Crippen LogP contribution in [0.4, 0.5) is 0 Å². The standard InChI is InChI=1S/C19H22O2/c1-3-10-19(21-18-13-8-5-9-14-18)16(2)20-15-17-11-6-4-7-12-17/h3-14,16,19H,15H2,1-2H3/t16-,19+/m0/s1. The molecule has 2 aromatic rings. The summed E-state index contributed by atoms with van der Waals surface area (Å²) < 4.78 is 11.9. The third kappa shape index (κ3) is 5.09. The monoisotopic (exact) mass is 282 g/mol. The van der Waals surface area contributed by atoms with Crippen LogP contribution in [0.3, 0.4) is 0 Å². The van der Waals surface area contributed by atoms with Crippen LogP contribution < -0.4 is 4.74 Å². The normalized spacial score (nSPS) is 14.0. The predicted molar refractivity (Wildman–Crippen MR) is 86.4 cm³/mol. The first kappa shape index (κ1) is 15.3. The summed E-state index contributed by atoms with van der Waals surface area (Å²) in [4.78, 5) is 0. The molecule has 0 bridgehead atoms. The fourth-order valence-electron chi connectivity index (χ4n) is 2.03. The summed E-state index contributed by atoms with van der Waals surface area (Å²) in [6.07, 6.45) is 3.90. The van der Waals surface area contributed by atoms with Crippen molar-refractivity contribution in [1.82, 2.24) is 0 Å². The minimum absolute atomic E-state index is 0.0263. The van der Waals surface area contributed by atoms with Crippen molar-refractivity contribution in [1.29, 1.82) is 0 Å². The Kier molecular flexibility index (Phi) is 6.04. The van der Waals surface area contributed by atoms with Crippen LogP contribution in [0.15, 0.2) is 72.8 Å². The molecule has 2 rings (SSSR count). The predicted octanol–water partition coefficient (Wildman–Crippen LogP) is 4.62. The van der Waals surface area contributed by atoms with Gasteiger partial charge in [-0.25, -0.2) is 0 Å². The van der Waals surface area contributed by atoms with Crippen molar-refractivity contribution < 1.29 is 9.47 Å². The molecule has 0 aliphatic carbocycles. The third-order valence-electron chi connectivity index (χ3n) is 3.22. The number of para-hydroxylation sites is 1.